The maximum absolute atomic E-state index is 13.3. The summed E-state index contributed by atoms with van der Waals surface area (Å²) in [6, 6.07) is 6.60. The minimum Gasteiger partial charge on any atom is -0.383 e. The molecule has 0 aliphatic heterocycles. The lowest BCUT2D eigenvalue weighted by molar-refractivity contribution is 0.590. The van der Waals surface area contributed by atoms with Gasteiger partial charge in [0.15, 0.2) is 0 Å². The number of nitrogens with one attached hydrogen (secondary N) is 1. The van der Waals surface area contributed by atoms with E-state index in [1.807, 2.05) is 13.0 Å². The van der Waals surface area contributed by atoms with Gasteiger partial charge < -0.3 is 11.1 Å². The number of aromatic nitrogens is 1. The first kappa shape index (κ1) is 15.9. The highest BCUT2D eigenvalue weighted by atomic mass is 79.9. The van der Waals surface area contributed by atoms with E-state index in [-0.39, 0.29) is 11.9 Å². The zero-order chi connectivity index (χ0) is 15.4. The van der Waals surface area contributed by atoms with Gasteiger partial charge in [-0.15, -0.1) is 0 Å². The van der Waals surface area contributed by atoms with Gasteiger partial charge in [0.1, 0.15) is 11.6 Å². The van der Waals surface area contributed by atoms with Crippen molar-refractivity contribution in [2.24, 2.45) is 0 Å². The van der Waals surface area contributed by atoms with Crippen LogP contribution >= 0.6 is 15.9 Å². The van der Waals surface area contributed by atoms with E-state index in [1.54, 1.807) is 12.3 Å². The molecule has 1 heterocycles. The molecule has 5 heteroatoms. The van der Waals surface area contributed by atoms with Crippen LogP contribution in [0.1, 0.15) is 36.1 Å². The van der Waals surface area contributed by atoms with Crippen LogP contribution in [0.3, 0.4) is 0 Å². The molecule has 1 aromatic heterocycles. The summed E-state index contributed by atoms with van der Waals surface area (Å²) < 4.78 is 14.0. The fourth-order valence-electron chi connectivity index (χ4n) is 2.25. The predicted molar refractivity (Wildman–Crippen MR) is 87.6 cm³/mol. The topological polar surface area (TPSA) is 50.9 Å². The molecular weight excluding hydrogens is 333 g/mol. The normalized spacial score (nSPS) is 12.4. The number of pyridine rings is 1. The van der Waals surface area contributed by atoms with Gasteiger partial charge in [-0.1, -0.05) is 28.9 Å². The first-order chi connectivity index (χ1) is 10.0. The molecule has 112 valence electrons. The largest absolute Gasteiger partial charge is 0.383 e. The lowest BCUT2D eigenvalue weighted by Gasteiger charge is -2.22. The molecule has 0 amide bonds. The summed E-state index contributed by atoms with van der Waals surface area (Å²) in [4.78, 5) is 4.23. The highest BCUT2D eigenvalue weighted by molar-refractivity contribution is 9.10. The second-order valence-electron chi connectivity index (χ2n) is 5.04. The summed E-state index contributed by atoms with van der Waals surface area (Å²) in [7, 11) is 0. The molecule has 0 fully saturated rings. The van der Waals surface area contributed by atoms with E-state index >= 15 is 0 Å². The number of hydrogen-bond acceptors (Lipinski definition) is 3. The molecule has 1 aromatic carbocycles. The molecule has 3 nitrogen and oxygen atoms in total. The van der Waals surface area contributed by atoms with Crippen molar-refractivity contribution in [1.29, 1.82) is 0 Å². The Kier molecular flexibility index (Phi) is 5.31. The van der Waals surface area contributed by atoms with Gasteiger partial charge in [0, 0.05) is 16.2 Å². The van der Waals surface area contributed by atoms with E-state index in [1.165, 1.54) is 12.1 Å². The molecule has 21 heavy (non-hydrogen) atoms. The standard InChI is InChI=1S/C16H19BrFN3/c1-3-6-20-15(12-5-4-11(18)8-14(12)17)13-7-10(2)9-21-16(13)19/h4-5,7-9,15,20H,3,6H2,1-2H3,(H2,19,21). The van der Waals surface area contributed by atoms with Crippen molar-refractivity contribution in [2.45, 2.75) is 26.3 Å². The number of anilines is 1. The van der Waals surface area contributed by atoms with Crippen LogP contribution in [0.25, 0.3) is 0 Å². The second kappa shape index (κ2) is 7.00. The molecule has 0 aliphatic carbocycles. The van der Waals surface area contributed by atoms with Gasteiger partial charge in [-0.3, -0.25) is 0 Å². The van der Waals surface area contributed by atoms with Gasteiger partial charge in [0.05, 0.1) is 6.04 Å². The van der Waals surface area contributed by atoms with E-state index in [2.05, 4.69) is 33.2 Å². The first-order valence-electron chi connectivity index (χ1n) is 6.93. The van der Waals surface area contributed by atoms with Crippen molar-refractivity contribution < 1.29 is 4.39 Å². The minimum atomic E-state index is -0.268. The van der Waals surface area contributed by atoms with Crippen molar-refractivity contribution >= 4 is 21.7 Å². The molecular formula is C16H19BrFN3. The molecule has 1 atom stereocenters. The van der Waals surface area contributed by atoms with Crippen LogP contribution in [-0.2, 0) is 0 Å². The Morgan fingerprint density at radius 1 is 1.33 bits per heavy atom. The summed E-state index contributed by atoms with van der Waals surface area (Å²) in [5.74, 6) is 0.223. The quantitative estimate of drug-likeness (QED) is 0.856. The SMILES string of the molecule is CCCNC(c1ccc(F)cc1Br)c1cc(C)cnc1N. The van der Waals surface area contributed by atoms with Crippen molar-refractivity contribution in [3.8, 4) is 0 Å². The summed E-state index contributed by atoms with van der Waals surface area (Å²) in [6.07, 6.45) is 2.74. The maximum Gasteiger partial charge on any atom is 0.128 e. The Balaban J connectivity index is 2.49. The lowest BCUT2D eigenvalue weighted by atomic mass is 9.98. The third-order valence-corrected chi connectivity index (χ3v) is 3.96. The molecule has 3 N–H and O–H groups in total. The molecule has 0 aliphatic rings. The van der Waals surface area contributed by atoms with Crippen LogP contribution in [-0.4, -0.2) is 11.5 Å². The van der Waals surface area contributed by atoms with Crippen LogP contribution in [0.4, 0.5) is 10.2 Å². The van der Waals surface area contributed by atoms with E-state index < -0.39 is 0 Å². The molecule has 0 spiro atoms. The highest BCUT2D eigenvalue weighted by Gasteiger charge is 2.19. The zero-order valence-electron chi connectivity index (χ0n) is 12.2. The minimum absolute atomic E-state index is 0.118. The number of hydrogen-bond donors (Lipinski definition) is 2. The molecule has 2 rings (SSSR count). The van der Waals surface area contributed by atoms with Gasteiger partial charge >= 0.3 is 0 Å². The number of nitrogens with zero attached hydrogens (tertiary/aromatic N) is 1. The number of aryl methyl sites for hydroxylation is 1. The van der Waals surface area contributed by atoms with E-state index in [0.29, 0.717) is 5.82 Å². The van der Waals surface area contributed by atoms with Crippen LogP contribution in [0.15, 0.2) is 34.9 Å². The predicted octanol–water partition coefficient (Wildman–Crippen LogP) is 3.96. The summed E-state index contributed by atoms with van der Waals surface area (Å²) in [6.45, 7) is 4.91. The fraction of sp³-hybridized carbons (Fsp3) is 0.312. The number of nitrogens with two attached hydrogens (primary N) is 1. The third-order valence-electron chi connectivity index (χ3n) is 3.27. The van der Waals surface area contributed by atoms with Gasteiger partial charge in [-0.2, -0.15) is 0 Å². The van der Waals surface area contributed by atoms with Crippen LogP contribution in [0.5, 0.6) is 0 Å². The number of nitrogen functional groups attached to an aromatic ring is 1. The molecule has 2 aromatic rings. The van der Waals surface area contributed by atoms with Crippen molar-refractivity contribution in [3.05, 3.63) is 57.4 Å². The molecule has 0 saturated heterocycles. The average Bonchev–Trinajstić information content (AvgIpc) is 2.44. The summed E-state index contributed by atoms with van der Waals surface area (Å²) >= 11 is 3.44. The number of benzene rings is 1. The Morgan fingerprint density at radius 3 is 2.76 bits per heavy atom. The number of rotatable bonds is 5. The number of halogens is 2. The lowest BCUT2D eigenvalue weighted by Crippen LogP contribution is -2.25. The van der Waals surface area contributed by atoms with Crippen LogP contribution in [0.2, 0.25) is 0 Å². The molecule has 0 bridgehead atoms. The Labute approximate surface area is 132 Å². The maximum atomic E-state index is 13.3. The highest BCUT2D eigenvalue weighted by Crippen LogP contribution is 2.31. The molecule has 0 saturated carbocycles. The van der Waals surface area contributed by atoms with Crippen LogP contribution < -0.4 is 11.1 Å². The van der Waals surface area contributed by atoms with E-state index in [4.69, 9.17) is 5.73 Å². The Bertz CT molecular complexity index is 631. The van der Waals surface area contributed by atoms with Gasteiger partial charge in [-0.05, 0) is 49.2 Å². The third kappa shape index (κ3) is 3.80. The monoisotopic (exact) mass is 351 g/mol. The second-order valence-corrected chi connectivity index (χ2v) is 5.89. The first-order valence-corrected chi connectivity index (χ1v) is 7.72. The van der Waals surface area contributed by atoms with Crippen molar-refractivity contribution in [3.63, 3.8) is 0 Å². The summed E-state index contributed by atoms with van der Waals surface area (Å²) in [5, 5.41) is 3.46. The van der Waals surface area contributed by atoms with Crippen molar-refractivity contribution in [2.75, 3.05) is 12.3 Å². The fourth-order valence-corrected chi connectivity index (χ4v) is 2.83. The van der Waals surface area contributed by atoms with Gasteiger partial charge in [0.2, 0.25) is 0 Å². The molecule has 0 radical (unpaired) electrons. The summed E-state index contributed by atoms with van der Waals surface area (Å²) in [5.41, 5.74) is 8.94. The Morgan fingerprint density at radius 2 is 2.10 bits per heavy atom. The van der Waals surface area contributed by atoms with Gasteiger partial charge in [-0.25, -0.2) is 9.37 Å². The van der Waals surface area contributed by atoms with E-state index in [0.717, 1.165) is 34.1 Å². The molecule has 1 unspecified atom stereocenters. The van der Waals surface area contributed by atoms with Gasteiger partial charge in [0.25, 0.3) is 0 Å². The van der Waals surface area contributed by atoms with Crippen molar-refractivity contribution in [1.82, 2.24) is 10.3 Å². The average molecular weight is 352 g/mol. The van der Waals surface area contributed by atoms with E-state index in [9.17, 15) is 4.39 Å². The smallest absolute Gasteiger partial charge is 0.128 e. The zero-order valence-corrected chi connectivity index (χ0v) is 13.7. The van der Waals surface area contributed by atoms with Crippen LogP contribution in [0, 0.1) is 12.7 Å². The Hall–Kier alpha value is -1.46.